The third-order valence-electron chi connectivity index (χ3n) is 7.06. The van der Waals surface area contributed by atoms with Crippen LogP contribution in [0.15, 0.2) is 4.52 Å². The number of amides is 1. The van der Waals surface area contributed by atoms with Crippen LogP contribution in [0.3, 0.4) is 0 Å². The summed E-state index contributed by atoms with van der Waals surface area (Å²) in [5, 5.41) is 4.28. The molecule has 0 N–H and O–H groups in total. The van der Waals surface area contributed by atoms with Crippen molar-refractivity contribution in [3.8, 4) is 0 Å². The highest BCUT2D eigenvalue weighted by atomic mass is 16.5. The van der Waals surface area contributed by atoms with Gasteiger partial charge in [-0.1, -0.05) is 30.8 Å². The number of carbonyl (C=O) groups is 1. The van der Waals surface area contributed by atoms with Crippen LogP contribution in [-0.2, 0) is 4.79 Å². The summed E-state index contributed by atoms with van der Waals surface area (Å²) in [6, 6.07) is 0.315. The topological polar surface area (TPSA) is 62.5 Å². The van der Waals surface area contributed by atoms with Crippen molar-refractivity contribution >= 4 is 5.91 Å². The number of nitrogens with zero attached hydrogens (tertiary/aromatic N) is 4. The molecule has 0 spiro atoms. The molecular weight excluding hydrogens is 340 g/mol. The lowest BCUT2D eigenvalue weighted by atomic mass is 9.93. The summed E-state index contributed by atoms with van der Waals surface area (Å²) in [5.74, 6) is 3.38. The smallest absolute Gasteiger partial charge is 0.244 e. The van der Waals surface area contributed by atoms with Crippen LogP contribution < -0.4 is 0 Å². The number of hydrogen-bond donors (Lipinski definition) is 0. The van der Waals surface area contributed by atoms with Crippen molar-refractivity contribution < 1.29 is 9.32 Å². The van der Waals surface area contributed by atoms with Crippen molar-refractivity contribution in [1.82, 2.24) is 19.9 Å². The number of hydrogen-bond acceptors (Lipinski definition) is 5. The van der Waals surface area contributed by atoms with Gasteiger partial charge in [0.2, 0.25) is 11.8 Å². The Kier molecular flexibility index (Phi) is 4.92. The molecule has 1 amide bonds. The van der Waals surface area contributed by atoms with Gasteiger partial charge in [-0.3, -0.25) is 9.69 Å². The second-order valence-corrected chi connectivity index (χ2v) is 9.22. The standard InChI is InChI=1S/C21H32N4O2/c26-21(16-6-3-1-2-4-7-16)25-13-17(14-25)19-22-20(27-23-19)18-8-5-11-24(18)12-15-9-10-15/h15-18H,1-14H2. The maximum Gasteiger partial charge on any atom is 0.244 e. The molecule has 1 atom stereocenters. The maximum absolute atomic E-state index is 12.7. The predicted molar refractivity (Wildman–Crippen MR) is 101 cm³/mol. The first-order chi connectivity index (χ1) is 13.3. The van der Waals surface area contributed by atoms with Gasteiger partial charge in [0.05, 0.1) is 12.0 Å². The summed E-state index contributed by atoms with van der Waals surface area (Å²) < 4.78 is 5.66. The fourth-order valence-corrected chi connectivity index (χ4v) is 5.11. The van der Waals surface area contributed by atoms with Gasteiger partial charge in [-0.2, -0.15) is 4.98 Å². The van der Waals surface area contributed by atoms with Crippen LogP contribution in [0, 0.1) is 11.8 Å². The van der Waals surface area contributed by atoms with Crippen molar-refractivity contribution in [2.45, 2.75) is 76.2 Å². The molecule has 6 nitrogen and oxygen atoms in total. The zero-order valence-corrected chi connectivity index (χ0v) is 16.3. The molecule has 1 unspecified atom stereocenters. The van der Waals surface area contributed by atoms with Gasteiger partial charge in [0.1, 0.15) is 0 Å². The van der Waals surface area contributed by atoms with Crippen LogP contribution >= 0.6 is 0 Å². The maximum atomic E-state index is 12.7. The second-order valence-electron chi connectivity index (χ2n) is 9.22. The van der Waals surface area contributed by atoms with Crippen LogP contribution in [0.5, 0.6) is 0 Å². The minimum absolute atomic E-state index is 0.253. The summed E-state index contributed by atoms with van der Waals surface area (Å²) in [7, 11) is 0. The quantitative estimate of drug-likeness (QED) is 0.740. The van der Waals surface area contributed by atoms with Gasteiger partial charge < -0.3 is 9.42 Å². The lowest BCUT2D eigenvalue weighted by Gasteiger charge is -2.39. The first-order valence-corrected chi connectivity index (χ1v) is 11.1. The molecule has 2 aliphatic carbocycles. The molecule has 2 saturated heterocycles. The van der Waals surface area contributed by atoms with Crippen LogP contribution in [0.4, 0.5) is 0 Å². The Morgan fingerprint density at radius 1 is 1.00 bits per heavy atom. The molecule has 0 aromatic carbocycles. The minimum Gasteiger partial charge on any atom is -0.341 e. The van der Waals surface area contributed by atoms with Crippen LogP contribution in [0.1, 0.15) is 87.9 Å². The molecule has 4 fully saturated rings. The van der Waals surface area contributed by atoms with E-state index in [0.717, 1.165) is 56.5 Å². The summed E-state index contributed by atoms with van der Waals surface area (Å²) in [6.07, 6.45) is 12.3. The van der Waals surface area contributed by atoms with Gasteiger partial charge in [-0.25, -0.2) is 0 Å². The van der Waals surface area contributed by atoms with E-state index < -0.39 is 0 Å². The highest BCUT2D eigenvalue weighted by Gasteiger charge is 2.39. The molecule has 0 bridgehead atoms. The highest BCUT2D eigenvalue weighted by Crippen LogP contribution is 2.38. The summed E-state index contributed by atoms with van der Waals surface area (Å²) >= 11 is 0. The number of rotatable bonds is 5. The van der Waals surface area contributed by atoms with Crippen molar-refractivity contribution in [3.05, 3.63) is 11.7 Å². The van der Waals surface area contributed by atoms with E-state index in [1.54, 1.807) is 0 Å². The molecule has 4 aliphatic rings. The third-order valence-corrected chi connectivity index (χ3v) is 7.06. The van der Waals surface area contributed by atoms with Crippen molar-refractivity contribution in [2.75, 3.05) is 26.2 Å². The van der Waals surface area contributed by atoms with Gasteiger partial charge in [0.15, 0.2) is 5.82 Å². The molecule has 2 saturated carbocycles. The normalized spacial score (nSPS) is 28.3. The van der Waals surface area contributed by atoms with E-state index >= 15 is 0 Å². The van der Waals surface area contributed by atoms with Crippen LogP contribution in [0.25, 0.3) is 0 Å². The van der Waals surface area contributed by atoms with E-state index in [9.17, 15) is 4.79 Å². The SMILES string of the molecule is O=C(C1CCCCCC1)N1CC(c2noc(C3CCCN3CC3CC3)n2)C1. The number of aromatic nitrogens is 2. The monoisotopic (exact) mass is 372 g/mol. The predicted octanol–water partition coefficient (Wildman–Crippen LogP) is 3.51. The largest absolute Gasteiger partial charge is 0.341 e. The van der Waals surface area contributed by atoms with E-state index in [2.05, 4.69) is 10.1 Å². The third kappa shape index (κ3) is 3.78. The first-order valence-electron chi connectivity index (χ1n) is 11.1. The van der Waals surface area contributed by atoms with Gasteiger partial charge in [0, 0.05) is 25.6 Å². The molecule has 148 valence electrons. The summed E-state index contributed by atoms with van der Waals surface area (Å²) in [4.78, 5) is 22.0. The van der Waals surface area contributed by atoms with E-state index in [0.29, 0.717) is 11.9 Å². The Morgan fingerprint density at radius 3 is 2.52 bits per heavy atom. The average molecular weight is 373 g/mol. The molecule has 2 aliphatic heterocycles. The lowest BCUT2D eigenvalue weighted by molar-refractivity contribution is -0.140. The highest BCUT2D eigenvalue weighted by molar-refractivity contribution is 5.79. The average Bonchev–Trinajstić information content (AvgIpc) is 3.23. The number of likely N-dealkylation sites (tertiary alicyclic amines) is 2. The van der Waals surface area contributed by atoms with E-state index in [1.807, 2.05) is 4.90 Å². The minimum atomic E-state index is 0.253. The molecule has 27 heavy (non-hydrogen) atoms. The molecule has 1 aromatic heterocycles. The van der Waals surface area contributed by atoms with Gasteiger partial charge in [-0.05, 0) is 51.0 Å². The van der Waals surface area contributed by atoms with Crippen LogP contribution in [-0.4, -0.2) is 52.0 Å². The fourth-order valence-electron chi connectivity index (χ4n) is 5.11. The van der Waals surface area contributed by atoms with Crippen molar-refractivity contribution in [2.24, 2.45) is 11.8 Å². The van der Waals surface area contributed by atoms with Crippen molar-refractivity contribution in [1.29, 1.82) is 0 Å². The van der Waals surface area contributed by atoms with E-state index in [-0.39, 0.29) is 11.8 Å². The Balaban J connectivity index is 1.16. The van der Waals surface area contributed by atoms with Crippen molar-refractivity contribution in [3.63, 3.8) is 0 Å². The zero-order valence-electron chi connectivity index (χ0n) is 16.3. The van der Waals surface area contributed by atoms with E-state index in [1.165, 1.54) is 51.5 Å². The zero-order chi connectivity index (χ0) is 18.2. The van der Waals surface area contributed by atoms with Gasteiger partial charge >= 0.3 is 0 Å². The fraction of sp³-hybridized carbons (Fsp3) is 0.857. The molecule has 6 heteroatoms. The molecule has 0 radical (unpaired) electrons. The lowest BCUT2D eigenvalue weighted by Crippen LogP contribution is -2.51. The number of carbonyl (C=O) groups excluding carboxylic acids is 1. The Bertz CT molecular complexity index is 657. The van der Waals surface area contributed by atoms with Gasteiger partial charge in [-0.15, -0.1) is 0 Å². The molecular formula is C21H32N4O2. The Labute approximate surface area is 161 Å². The Morgan fingerprint density at radius 2 is 1.78 bits per heavy atom. The second kappa shape index (κ2) is 7.53. The summed E-state index contributed by atoms with van der Waals surface area (Å²) in [5.41, 5.74) is 0. The Hall–Kier alpha value is -1.43. The van der Waals surface area contributed by atoms with E-state index in [4.69, 9.17) is 9.51 Å². The first kappa shape index (κ1) is 17.7. The van der Waals surface area contributed by atoms with Gasteiger partial charge in [0.25, 0.3) is 0 Å². The molecule has 3 heterocycles. The summed E-state index contributed by atoms with van der Waals surface area (Å²) in [6.45, 7) is 3.89. The molecule has 1 aromatic rings. The molecule has 5 rings (SSSR count). The van der Waals surface area contributed by atoms with Crippen LogP contribution in [0.2, 0.25) is 0 Å².